The molecule has 1 aliphatic rings. The summed E-state index contributed by atoms with van der Waals surface area (Å²) in [5.41, 5.74) is 0.913. The number of phenolic OH excluding ortho intramolecular Hbond substituents is 2. The predicted molar refractivity (Wildman–Crippen MR) is 122 cm³/mol. The van der Waals surface area contributed by atoms with E-state index in [1.54, 1.807) is 42.5 Å². The number of rotatable bonds is 5. The van der Waals surface area contributed by atoms with Gasteiger partial charge in [0.15, 0.2) is 16.9 Å². The number of fused-ring (bicyclic) bond motifs is 2. The second-order valence-electron chi connectivity index (χ2n) is 7.82. The minimum absolute atomic E-state index is 0.0181. The zero-order chi connectivity index (χ0) is 23.8. The van der Waals surface area contributed by atoms with Gasteiger partial charge in [-0.1, -0.05) is 36.4 Å². The number of aromatic hydroxyl groups is 2. The molecule has 172 valence electrons. The Balaban J connectivity index is 1.78. The van der Waals surface area contributed by atoms with E-state index in [0.717, 1.165) is 6.07 Å². The van der Waals surface area contributed by atoms with Crippen molar-refractivity contribution in [1.29, 1.82) is 0 Å². The van der Waals surface area contributed by atoms with E-state index in [1.807, 2.05) is 6.07 Å². The Kier molecular flexibility index (Phi) is 5.33. The van der Waals surface area contributed by atoms with Gasteiger partial charge in [-0.15, -0.1) is 0 Å². The van der Waals surface area contributed by atoms with Crippen LogP contribution in [0.25, 0.3) is 22.3 Å². The van der Waals surface area contributed by atoms with Crippen LogP contribution in [0.5, 0.6) is 23.0 Å². The van der Waals surface area contributed by atoms with Crippen LogP contribution in [0.2, 0.25) is 0 Å². The molecule has 0 radical (unpaired) electrons. The molecule has 1 aromatic heterocycles. The van der Waals surface area contributed by atoms with Crippen molar-refractivity contribution in [2.75, 3.05) is 13.9 Å². The van der Waals surface area contributed by atoms with Crippen molar-refractivity contribution in [2.24, 2.45) is 0 Å². The number of hydrogen-bond acceptors (Lipinski definition) is 8. The van der Waals surface area contributed by atoms with Gasteiger partial charge < -0.3 is 28.8 Å². The molecule has 0 amide bonds. The van der Waals surface area contributed by atoms with Crippen LogP contribution in [0, 0.1) is 0 Å². The molecule has 0 spiro atoms. The molecule has 2 N–H and O–H groups in total. The topological polar surface area (TPSA) is 115 Å². The average molecular weight is 460 g/mol. The summed E-state index contributed by atoms with van der Waals surface area (Å²) in [4.78, 5) is 25.4. The first-order valence-corrected chi connectivity index (χ1v) is 10.5. The van der Waals surface area contributed by atoms with Gasteiger partial charge in [0.2, 0.25) is 6.79 Å². The summed E-state index contributed by atoms with van der Waals surface area (Å²) < 4.78 is 21.8. The molecular formula is C26H20O8. The molecule has 1 atom stereocenters. The lowest BCUT2D eigenvalue weighted by molar-refractivity contribution is -0.140. The molecule has 0 saturated heterocycles. The first kappa shape index (κ1) is 21.4. The molecule has 2 heterocycles. The Labute approximate surface area is 193 Å². The molecule has 0 aliphatic carbocycles. The zero-order valence-electron chi connectivity index (χ0n) is 18.1. The van der Waals surface area contributed by atoms with Crippen molar-refractivity contribution >= 4 is 16.9 Å². The van der Waals surface area contributed by atoms with E-state index in [1.165, 1.54) is 13.2 Å². The first-order valence-electron chi connectivity index (χ1n) is 10.5. The van der Waals surface area contributed by atoms with E-state index in [0.29, 0.717) is 22.6 Å². The second-order valence-corrected chi connectivity index (χ2v) is 7.82. The number of carbonyl (C=O) groups excluding carboxylic acids is 1. The molecule has 0 saturated carbocycles. The number of hydrogen-bond donors (Lipinski definition) is 2. The molecule has 0 fully saturated rings. The van der Waals surface area contributed by atoms with E-state index in [4.69, 9.17) is 18.6 Å². The molecule has 1 aliphatic heterocycles. The molecule has 5 rings (SSSR count). The summed E-state index contributed by atoms with van der Waals surface area (Å²) in [5.74, 6) is -0.771. The summed E-state index contributed by atoms with van der Waals surface area (Å²) in [5, 5.41) is 21.3. The van der Waals surface area contributed by atoms with Crippen LogP contribution in [-0.4, -0.2) is 30.1 Å². The number of phenols is 2. The Hall–Kier alpha value is -4.46. The van der Waals surface area contributed by atoms with E-state index >= 15 is 0 Å². The third-order valence-electron chi connectivity index (χ3n) is 5.80. The van der Waals surface area contributed by atoms with Crippen molar-refractivity contribution in [1.82, 2.24) is 0 Å². The lowest BCUT2D eigenvalue weighted by Gasteiger charge is -2.20. The lowest BCUT2D eigenvalue weighted by Crippen LogP contribution is -2.12. The number of carbonyl (C=O) groups is 1. The highest BCUT2D eigenvalue weighted by molar-refractivity contribution is 5.90. The summed E-state index contributed by atoms with van der Waals surface area (Å²) in [6.07, 6.45) is -0.164. The summed E-state index contributed by atoms with van der Waals surface area (Å²) in [7, 11) is 1.27. The van der Waals surface area contributed by atoms with Gasteiger partial charge in [-0.05, 0) is 17.7 Å². The predicted octanol–water partition coefficient (Wildman–Crippen LogP) is 4.29. The van der Waals surface area contributed by atoms with Crippen LogP contribution in [-0.2, 0) is 9.53 Å². The molecular weight excluding hydrogens is 440 g/mol. The van der Waals surface area contributed by atoms with Gasteiger partial charge in [0, 0.05) is 29.2 Å². The largest absolute Gasteiger partial charge is 0.507 e. The highest BCUT2D eigenvalue weighted by Gasteiger charge is 2.29. The fraction of sp³-hybridized carbons (Fsp3) is 0.154. The van der Waals surface area contributed by atoms with Crippen molar-refractivity contribution in [3.8, 4) is 34.3 Å². The Bertz CT molecular complexity index is 1460. The van der Waals surface area contributed by atoms with Gasteiger partial charge in [-0.3, -0.25) is 9.59 Å². The molecule has 8 heteroatoms. The van der Waals surface area contributed by atoms with E-state index in [9.17, 15) is 19.8 Å². The van der Waals surface area contributed by atoms with Gasteiger partial charge in [-0.25, -0.2) is 0 Å². The second kappa shape index (κ2) is 8.47. The lowest BCUT2D eigenvalue weighted by atomic mass is 9.86. The Morgan fingerprint density at radius 1 is 1.00 bits per heavy atom. The number of methoxy groups -OCH3 is 1. The van der Waals surface area contributed by atoms with Gasteiger partial charge in [0.25, 0.3) is 0 Å². The smallest absolute Gasteiger partial charge is 0.306 e. The third kappa shape index (κ3) is 3.69. The number of benzene rings is 3. The highest BCUT2D eigenvalue weighted by atomic mass is 16.7. The fourth-order valence-corrected chi connectivity index (χ4v) is 4.17. The maximum absolute atomic E-state index is 13.0. The quantitative estimate of drug-likeness (QED) is 0.424. The van der Waals surface area contributed by atoms with Crippen molar-refractivity contribution < 1.29 is 33.6 Å². The van der Waals surface area contributed by atoms with E-state index in [-0.39, 0.29) is 41.3 Å². The standard InChI is InChI=1S/C26H20O8/c1-31-23(30)10-16(15-7-8-20-22(9-15)33-13-32-20)24-17(27)11-18(28)25-19(29)12-21(34-26(24)25)14-5-3-2-4-6-14/h2-9,11-12,16,27-28H,10,13H2,1H3. The highest BCUT2D eigenvalue weighted by Crippen LogP contribution is 2.45. The van der Waals surface area contributed by atoms with Crippen LogP contribution in [0.15, 0.2) is 69.9 Å². The molecule has 4 aromatic rings. The Morgan fingerprint density at radius 2 is 1.76 bits per heavy atom. The molecule has 0 bridgehead atoms. The Morgan fingerprint density at radius 3 is 2.53 bits per heavy atom. The monoisotopic (exact) mass is 460 g/mol. The molecule has 8 nitrogen and oxygen atoms in total. The molecule has 3 aromatic carbocycles. The van der Waals surface area contributed by atoms with Gasteiger partial charge in [0.05, 0.1) is 13.5 Å². The number of esters is 1. The van der Waals surface area contributed by atoms with E-state index < -0.39 is 23.1 Å². The molecule has 34 heavy (non-hydrogen) atoms. The van der Waals surface area contributed by atoms with Gasteiger partial charge in [0.1, 0.15) is 28.2 Å². The fourth-order valence-electron chi connectivity index (χ4n) is 4.17. The molecule has 1 unspecified atom stereocenters. The summed E-state index contributed by atoms with van der Waals surface area (Å²) in [6, 6.07) is 16.5. The first-order chi connectivity index (χ1) is 16.5. The minimum atomic E-state index is -0.778. The van der Waals surface area contributed by atoms with Crippen LogP contribution < -0.4 is 14.9 Å². The van der Waals surface area contributed by atoms with Crippen LogP contribution >= 0.6 is 0 Å². The SMILES string of the molecule is COC(=O)CC(c1ccc2c(c1)OCO2)c1c(O)cc(O)c2c(=O)cc(-c3ccccc3)oc12. The van der Waals surface area contributed by atoms with Gasteiger partial charge >= 0.3 is 5.97 Å². The van der Waals surface area contributed by atoms with Crippen molar-refractivity contribution in [2.45, 2.75) is 12.3 Å². The third-order valence-corrected chi connectivity index (χ3v) is 5.80. The number of ether oxygens (including phenoxy) is 3. The average Bonchev–Trinajstić information content (AvgIpc) is 3.31. The maximum atomic E-state index is 13.0. The summed E-state index contributed by atoms with van der Waals surface area (Å²) in [6.45, 7) is 0.0726. The van der Waals surface area contributed by atoms with Gasteiger partial charge in [-0.2, -0.15) is 0 Å². The zero-order valence-corrected chi connectivity index (χ0v) is 18.1. The van der Waals surface area contributed by atoms with Crippen LogP contribution in [0.1, 0.15) is 23.5 Å². The minimum Gasteiger partial charge on any atom is -0.507 e. The van der Waals surface area contributed by atoms with Crippen molar-refractivity contribution in [3.05, 3.63) is 82.0 Å². The maximum Gasteiger partial charge on any atom is 0.306 e. The van der Waals surface area contributed by atoms with Crippen LogP contribution in [0.4, 0.5) is 0 Å². The summed E-state index contributed by atoms with van der Waals surface area (Å²) >= 11 is 0. The normalized spacial score (nSPS) is 13.1. The van der Waals surface area contributed by atoms with E-state index in [2.05, 4.69) is 0 Å². The van der Waals surface area contributed by atoms with Crippen LogP contribution in [0.3, 0.4) is 0 Å². The van der Waals surface area contributed by atoms with Crippen molar-refractivity contribution in [3.63, 3.8) is 0 Å².